The second-order valence-corrected chi connectivity index (χ2v) is 5.35. The molecule has 0 spiro atoms. The van der Waals surface area contributed by atoms with Crippen LogP contribution in [0.5, 0.6) is 11.5 Å². The van der Waals surface area contributed by atoms with Crippen molar-refractivity contribution in [1.82, 2.24) is 4.98 Å². The van der Waals surface area contributed by atoms with Crippen LogP contribution < -0.4 is 4.74 Å². The first-order chi connectivity index (χ1) is 10.6. The molecule has 0 saturated heterocycles. The highest BCUT2D eigenvalue weighted by atomic mass is 32.1. The van der Waals surface area contributed by atoms with Gasteiger partial charge in [-0.1, -0.05) is 0 Å². The fraction of sp³-hybridized carbons (Fsp3) is 0.0625. The molecule has 22 heavy (non-hydrogen) atoms. The molecule has 1 heterocycles. The van der Waals surface area contributed by atoms with Gasteiger partial charge in [-0.2, -0.15) is 8.78 Å². The fourth-order valence-electron chi connectivity index (χ4n) is 1.95. The van der Waals surface area contributed by atoms with Crippen LogP contribution >= 0.6 is 11.3 Å². The van der Waals surface area contributed by atoms with Crippen molar-refractivity contribution < 1.29 is 18.6 Å². The number of ether oxygens (including phenoxy) is 1. The summed E-state index contributed by atoms with van der Waals surface area (Å²) in [5.41, 5.74) is 2.49. The van der Waals surface area contributed by atoms with Gasteiger partial charge in [0.2, 0.25) is 0 Å². The molecule has 2 aromatic carbocycles. The summed E-state index contributed by atoms with van der Waals surface area (Å²) >= 11 is 1.47. The molecule has 0 amide bonds. The molecule has 112 valence electrons. The lowest BCUT2D eigenvalue weighted by atomic mass is 10.1. The molecule has 0 radical (unpaired) electrons. The molecule has 0 aliphatic carbocycles. The van der Waals surface area contributed by atoms with Crippen LogP contribution in [-0.4, -0.2) is 16.7 Å². The number of aromatic nitrogens is 1. The number of aromatic hydroxyl groups is 1. The minimum atomic E-state index is -2.83. The molecule has 0 bridgehead atoms. The van der Waals surface area contributed by atoms with E-state index in [1.807, 2.05) is 5.38 Å². The van der Waals surface area contributed by atoms with E-state index in [4.69, 9.17) is 0 Å². The number of alkyl halides is 2. The van der Waals surface area contributed by atoms with Gasteiger partial charge in [-0.05, 0) is 48.5 Å². The summed E-state index contributed by atoms with van der Waals surface area (Å²) in [6, 6.07) is 13.1. The molecule has 3 aromatic rings. The topological polar surface area (TPSA) is 42.4 Å². The van der Waals surface area contributed by atoms with E-state index in [0.717, 1.165) is 21.8 Å². The molecule has 0 aliphatic rings. The third-order valence-electron chi connectivity index (χ3n) is 2.99. The first kappa shape index (κ1) is 14.5. The van der Waals surface area contributed by atoms with Crippen molar-refractivity contribution in [3.05, 3.63) is 53.9 Å². The number of thiazole rings is 1. The Labute approximate surface area is 129 Å². The standard InChI is InChI=1S/C16H11F2NO2S/c17-16(18)21-13-7-3-10(4-8-13)14-9-22-15(19-14)11-1-5-12(20)6-2-11/h1-9,16,20H. The fourth-order valence-corrected chi connectivity index (χ4v) is 2.79. The van der Waals surface area contributed by atoms with E-state index in [-0.39, 0.29) is 11.5 Å². The highest BCUT2D eigenvalue weighted by Gasteiger charge is 2.08. The number of phenols is 1. The minimum Gasteiger partial charge on any atom is -0.508 e. The van der Waals surface area contributed by atoms with Crippen molar-refractivity contribution in [2.75, 3.05) is 0 Å². The Hall–Kier alpha value is -2.47. The Kier molecular flexibility index (Phi) is 4.02. The molecule has 0 atom stereocenters. The number of hydrogen-bond acceptors (Lipinski definition) is 4. The maximum absolute atomic E-state index is 12.1. The third kappa shape index (κ3) is 3.23. The normalized spacial score (nSPS) is 10.9. The molecule has 1 N–H and O–H groups in total. The highest BCUT2D eigenvalue weighted by Crippen LogP contribution is 2.30. The molecule has 0 unspecified atom stereocenters. The number of rotatable bonds is 4. The van der Waals surface area contributed by atoms with Gasteiger partial charge < -0.3 is 9.84 Å². The van der Waals surface area contributed by atoms with Crippen molar-refractivity contribution in [2.24, 2.45) is 0 Å². The van der Waals surface area contributed by atoms with Gasteiger partial charge in [0.05, 0.1) is 5.69 Å². The monoisotopic (exact) mass is 319 g/mol. The second kappa shape index (κ2) is 6.11. The van der Waals surface area contributed by atoms with Crippen LogP contribution in [0.1, 0.15) is 0 Å². The quantitative estimate of drug-likeness (QED) is 0.752. The van der Waals surface area contributed by atoms with E-state index in [0.29, 0.717) is 0 Å². The van der Waals surface area contributed by atoms with E-state index >= 15 is 0 Å². The summed E-state index contributed by atoms with van der Waals surface area (Å²) in [6.45, 7) is -2.83. The average molecular weight is 319 g/mol. The Morgan fingerprint density at radius 3 is 2.23 bits per heavy atom. The molecule has 0 aliphatic heterocycles. The Morgan fingerprint density at radius 1 is 0.955 bits per heavy atom. The zero-order chi connectivity index (χ0) is 15.5. The lowest BCUT2D eigenvalue weighted by molar-refractivity contribution is -0.0498. The average Bonchev–Trinajstić information content (AvgIpc) is 2.98. The number of benzene rings is 2. The summed E-state index contributed by atoms with van der Waals surface area (Å²) in [5.74, 6) is 0.322. The van der Waals surface area contributed by atoms with E-state index in [1.54, 1.807) is 36.4 Å². The van der Waals surface area contributed by atoms with Crippen molar-refractivity contribution in [1.29, 1.82) is 0 Å². The lowest BCUT2D eigenvalue weighted by Gasteiger charge is -2.04. The summed E-state index contributed by atoms with van der Waals surface area (Å²) in [5, 5.41) is 12.0. The number of halogens is 2. The zero-order valence-electron chi connectivity index (χ0n) is 11.2. The predicted molar refractivity (Wildman–Crippen MR) is 81.3 cm³/mol. The molecular weight excluding hydrogens is 308 g/mol. The van der Waals surface area contributed by atoms with Gasteiger partial charge in [0.25, 0.3) is 0 Å². The van der Waals surface area contributed by atoms with E-state index < -0.39 is 6.61 Å². The van der Waals surface area contributed by atoms with Crippen molar-refractivity contribution in [2.45, 2.75) is 6.61 Å². The van der Waals surface area contributed by atoms with Gasteiger partial charge in [0, 0.05) is 16.5 Å². The predicted octanol–water partition coefficient (Wildman–Crippen LogP) is 4.78. The largest absolute Gasteiger partial charge is 0.508 e. The van der Waals surface area contributed by atoms with Crippen LogP contribution in [-0.2, 0) is 0 Å². The Morgan fingerprint density at radius 2 is 1.59 bits per heavy atom. The molecule has 3 rings (SSSR count). The highest BCUT2D eigenvalue weighted by molar-refractivity contribution is 7.13. The van der Waals surface area contributed by atoms with Crippen molar-refractivity contribution >= 4 is 11.3 Å². The third-order valence-corrected chi connectivity index (χ3v) is 3.89. The van der Waals surface area contributed by atoms with Crippen molar-refractivity contribution in [3.63, 3.8) is 0 Å². The first-order valence-electron chi connectivity index (χ1n) is 6.42. The van der Waals surface area contributed by atoms with Gasteiger partial charge in [0.15, 0.2) is 0 Å². The minimum absolute atomic E-state index is 0.118. The summed E-state index contributed by atoms with van der Waals surface area (Å²) in [4.78, 5) is 4.52. The maximum atomic E-state index is 12.1. The second-order valence-electron chi connectivity index (χ2n) is 4.49. The van der Waals surface area contributed by atoms with E-state index in [1.165, 1.54) is 23.5 Å². The summed E-state index contributed by atoms with van der Waals surface area (Å²) in [7, 11) is 0. The molecule has 6 heteroatoms. The Balaban J connectivity index is 1.82. The molecule has 1 aromatic heterocycles. The zero-order valence-corrected chi connectivity index (χ0v) is 12.1. The number of nitrogens with zero attached hydrogens (tertiary/aromatic N) is 1. The van der Waals surface area contributed by atoms with Crippen LogP contribution in [0.3, 0.4) is 0 Å². The maximum Gasteiger partial charge on any atom is 0.387 e. The number of phenolic OH excluding ortho intramolecular Hbond substituents is 1. The van der Waals surface area contributed by atoms with Crippen LogP contribution in [0.2, 0.25) is 0 Å². The summed E-state index contributed by atoms with van der Waals surface area (Å²) < 4.78 is 28.5. The van der Waals surface area contributed by atoms with Crippen LogP contribution in [0.25, 0.3) is 21.8 Å². The molecule has 3 nitrogen and oxygen atoms in total. The SMILES string of the molecule is Oc1ccc(-c2nc(-c3ccc(OC(F)F)cc3)cs2)cc1. The molecule has 0 saturated carbocycles. The molecular formula is C16H11F2NO2S. The Bertz CT molecular complexity index is 755. The van der Waals surface area contributed by atoms with E-state index in [9.17, 15) is 13.9 Å². The lowest BCUT2D eigenvalue weighted by Crippen LogP contribution is -2.01. The smallest absolute Gasteiger partial charge is 0.387 e. The van der Waals surface area contributed by atoms with Crippen LogP contribution in [0.4, 0.5) is 8.78 Å². The van der Waals surface area contributed by atoms with E-state index in [2.05, 4.69) is 9.72 Å². The summed E-state index contributed by atoms with van der Waals surface area (Å²) in [6.07, 6.45) is 0. The van der Waals surface area contributed by atoms with Gasteiger partial charge >= 0.3 is 6.61 Å². The molecule has 0 fully saturated rings. The first-order valence-corrected chi connectivity index (χ1v) is 7.30. The van der Waals surface area contributed by atoms with Gasteiger partial charge in [-0.15, -0.1) is 11.3 Å². The van der Waals surface area contributed by atoms with Gasteiger partial charge in [-0.25, -0.2) is 4.98 Å². The van der Waals surface area contributed by atoms with Gasteiger partial charge in [0.1, 0.15) is 16.5 Å². The number of hydrogen-bond donors (Lipinski definition) is 1. The van der Waals surface area contributed by atoms with Crippen LogP contribution in [0, 0.1) is 0 Å². The van der Waals surface area contributed by atoms with Gasteiger partial charge in [-0.3, -0.25) is 0 Å². The van der Waals surface area contributed by atoms with Crippen molar-refractivity contribution in [3.8, 4) is 33.3 Å². The van der Waals surface area contributed by atoms with Crippen LogP contribution in [0.15, 0.2) is 53.9 Å².